The number of hydrogen-bond acceptors (Lipinski definition) is 4. The minimum absolute atomic E-state index is 0.472. The molecule has 0 amide bonds. The molecule has 0 bridgehead atoms. The fourth-order valence-corrected chi connectivity index (χ4v) is 3.29. The van der Waals surface area contributed by atoms with Gasteiger partial charge in [0.15, 0.2) is 0 Å². The van der Waals surface area contributed by atoms with E-state index in [0.29, 0.717) is 17.1 Å². The van der Waals surface area contributed by atoms with E-state index in [1.54, 1.807) is 45.4 Å². The van der Waals surface area contributed by atoms with E-state index in [0.717, 1.165) is 11.0 Å². The van der Waals surface area contributed by atoms with Gasteiger partial charge in [0.2, 0.25) is 10.0 Å². The normalized spacial score (nSPS) is 13.0. The number of hydrogen-bond donors (Lipinski definition) is 1. The quantitative estimate of drug-likeness (QED) is 0.834. The van der Waals surface area contributed by atoms with Gasteiger partial charge in [0.05, 0.1) is 14.2 Å². The standard InChI is InChI=1S/C18H21NO4S/c1-14(17-13-16(22-2)9-10-18(17)23-3)19-24(20,21)12-11-15-7-5-4-6-8-15/h4-14,19H,1-3H3/b12-11+. The SMILES string of the molecule is COc1ccc(OC)c(C(C)NS(=O)(=O)/C=C/c2ccccc2)c1. The first-order chi connectivity index (χ1) is 11.4. The van der Waals surface area contributed by atoms with Crippen molar-refractivity contribution in [3.05, 3.63) is 65.1 Å². The lowest BCUT2D eigenvalue weighted by Crippen LogP contribution is -2.25. The Bertz CT molecular complexity index is 801. The number of methoxy groups -OCH3 is 2. The second kappa shape index (κ2) is 7.99. The summed E-state index contributed by atoms with van der Waals surface area (Å²) in [6.07, 6.45) is 1.55. The van der Waals surface area contributed by atoms with Gasteiger partial charge >= 0.3 is 0 Å². The van der Waals surface area contributed by atoms with Crippen LogP contribution in [0.5, 0.6) is 11.5 Å². The predicted molar refractivity (Wildman–Crippen MR) is 95.5 cm³/mol. The van der Waals surface area contributed by atoms with Crippen LogP contribution in [0.4, 0.5) is 0 Å². The molecule has 0 aliphatic heterocycles. The van der Waals surface area contributed by atoms with E-state index in [9.17, 15) is 8.42 Å². The van der Waals surface area contributed by atoms with Crippen molar-refractivity contribution in [3.63, 3.8) is 0 Å². The van der Waals surface area contributed by atoms with Gasteiger partial charge in [-0.15, -0.1) is 0 Å². The maximum absolute atomic E-state index is 12.3. The van der Waals surface area contributed by atoms with Crippen molar-refractivity contribution in [3.8, 4) is 11.5 Å². The van der Waals surface area contributed by atoms with Gasteiger partial charge in [-0.2, -0.15) is 0 Å². The van der Waals surface area contributed by atoms with Crippen LogP contribution in [-0.4, -0.2) is 22.6 Å². The molecule has 0 aromatic heterocycles. The van der Waals surface area contributed by atoms with E-state index in [1.165, 1.54) is 0 Å². The van der Waals surface area contributed by atoms with E-state index >= 15 is 0 Å². The van der Waals surface area contributed by atoms with Crippen molar-refractivity contribution in [2.24, 2.45) is 0 Å². The third-order valence-electron chi connectivity index (χ3n) is 3.48. The van der Waals surface area contributed by atoms with Crippen molar-refractivity contribution in [1.82, 2.24) is 4.72 Å². The topological polar surface area (TPSA) is 64.6 Å². The highest BCUT2D eigenvalue weighted by Gasteiger charge is 2.17. The molecule has 2 aromatic rings. The van der Waals surface area contributed by atoms with Crippen LogP contribution in [0, 0.1) is 0 Å². The Morgan fingerprint density at radius 2 is 1.75 bits per heavy atom. The summed E-state index contributed by atoms with van der Waals surface area (Å²) in [6.45, 7) is 1.76. The molecule has 5 nitrogen and oxygen atoms in total. The molecule has 1 N–H and O–H groups in total. The smallest absolute Gasteiger partial charge is 0.234 e. The number of ether oxygens (including phenoxy) is 2. The van der Waals surface area contributed by atoms with E-state index < -0.39 is 16.1 Å². The van der Waals surface area contributed by atoms with Crippen molar-refractivity contribution in [2.75, 3.05) is 14.2 Å². The summed E-state index contributed by atoms with van der Waals surface area (Å²) in [5.74, 6) is 1.23. The minimum Gasteiger partial charge on any atom is -0.497 e. The van der Waals surface area contributed by atoms with Crippen LogP contribution in [-0.2, 0) is 10.0 Å². The molecule has 128 valence electrons. The van der Waals surface area contributed by atoms with Gasteiger partial charge in [-0.3, -0.25) is 0 Å². The number of benzene rings is 2. The minimum atomic E-state index is -3.60. The van der Waals surface area contributed by atoms with Crippen LogP contribution in [0.15, 0.2) is 53.9 Å². The molecule has 1 atom stereocenters. The summed E-state index contributed by atoms with van der Waals surface area (Å²) in [5, 5.41) is 1.16. The molecular formula is C18H21NO4S. The summed E-state index contributed by atoms with van der Waals surface area (Å²) in [4.78, 5) is 0. The van der Waals surface area contributed by atoms with Crippen LogP contribution in [0.25, 0.3) is 6.08 Å². The van der Waals surface area contributed by atoms with Gasteiger partial charge in [-0.05, 0) is 36.8 Å². The molecule has 0 saturated carbocycles. The molecule has 24 heavy (non-hydrogen) atoms. The molecule has 0 saturated heterocycles. The van der Waals surface area contributed by atoms with Gasteiger partial charge < -0.3 is 9.47 Å². The fourth-order valence-electron chi connectivity index (χ4n) is 2.26. The molecule has 0 aliphatic rings. The Morgan fingerprint density at radius 1 is 1.04 bits per heavy atom. The molecule has 6 heteroatoms. The van der Waals surface area contributed by atoms with Crippen LogP contribution < -0.4 is 14.2 Å². The zero-order chi connectivity index (χ0) is 17.6. The fraction of sp³-hybridized carbons (Fsp3) is 0.222. The van der Waals surface area contributed by atoms with Gasteiger partial charge in [-0.25, -0.2) is 13.1 Å². The monoisotopic (exact) mass is 347 g/mol. The molecule has 0 fully saturated rings. The highest BCUT2D eigenvalue weighted by molar-refractivity contribution is 7.92. The molecule has 0 aliphatic carbocycles. The summed E-state index contributed by atoms with van der Waals surface area (Å²) < 4.78 is 37.7. The molecular weight excluding hydrogens is 326 g/mol. The first kappa shape index (κ1) is 18.0. The van der Waals surface area contributed by atoms with Crippen LogP contribution in [0.2, 0.25) is 0 Å². The van der Waals surface area contributed by atoms with Crippen molar-refractivity contribution >= 4 is 16.1 Å². The summed E-state index contributed by atoms with van der Waals surface area (Å²) >= 11 is 0. The Balaban J connectivity index is 2.19. The van der Waals surface area contributed by atoms with E-state index in [2.05, 4.69) is 4.72 Å². The number of sulfonamides is 1. The first-order valence-corrected chi connectivity index (χ1v) is 8.97. The Kier molecular flexibility index (Phi) is 6.00. The lowest BCUT2D eigenvalue weighted by molar-refractivity contribution is 0.395. The van der Waals surface area contributed by atoms with E-state index in [4.69, 9.17) is 9.47 Å². The van der Waals surface area contributed by atoms with Gasteiger partial charge in [0, 0.05) is 17.0 Å². The largest absolute Gasteiger partial charge is 0.497 e. The highest BCUT2D eigenvalue weighted by Crippen LogP contribution is 2.29. The Labute approximate surface area is 143 Å². The van der Waals surface area contributed by atoms with E-state index in [1.807, 2.05) is 30.3 Å². The highest BCUT2D eigenvalue weighted by atomic mass is 32.2. The van der Waals surface area contributed by atoms with Gasteiger partial charge in [0.25, 0.3) is 0 Å². The van der Waals surface area contributed by atoms with E-state index in [-0.39, 0.29) is 0 Å². The Morgan fingerprint density at radius 3 is 2.38 bits per heavy atom. The van der Waals surface area contributed by atoms with Crippen molar-refractivity contribution < 1.29 is 17.9 Å². The summed E-state index contributed by atoms with van der Waals surface area (Å²) in [7, 11) is -0.497. The number of nitrogens with one attached hydrogen (secondary N) is 1. The second-order valence-corrected chi connectivity index (χ2v) is 6.80. The maximum Gasteiger partial charge on any atom is 0.234 e. The van der Waals surface area contributed by atoms with Crippen molar-refractivity contribution in [1.29, 1.82) is 0 Å². The number of rotatable bonds is 7. The predicted octanol–water partition coefficient (Wildman–Crippen LogP) is 3.36. The van der Waals surface area contributed by atoms with Crippen LogP contribution in [0.1, 0.15) is 24.1 Å². The molecule has 1 unspecified atom stereocenters. The zero-order valence-corrected chi connectivity index (χ0v) is 14.7. The third kappa shape index (κ3) is 4.84. The average molecular weight is 347 g/mol. The van der Waals surface area contributed by atoms with Crippen molar-refractivity contribution in [2.45, 2.75) is 13.0 Å². The molecule has 0 heterocycles. The molecule has 2 aromatic carbocycles. The first-order valence-electron chi connectivity index (χ1n) is 7.42. The average Bonchev–Trinajstić information content (AvgIpc) is 2.60. The third-order valence-corrected chi connectivity index (χ3v) is 4.66. The zero-order valence-electron chi connectivity index (χ0n) is 13.9. The summed E-state index contributed by atoms with van der Waals surface area (Å²) in [5.41, 5.74) is 1.52. The molecule has 0 radical (unpaired) electrons. The Hall–Kier alpha value is -2.31. The molecule has 2 rings (SSSR count). The summed E-state index contributed by atoms with van der Waals surface area (Å²) in [6, 6.07) is 14.0. The lowest BCUT2D eigenvalue weighted by Gasteiger charge is -2.17. The van der Waals surface area contributed by atoms with Crippen LogP contribution in [0.3, 0.4) is 0 Å². The van der Waals surface area contributed by atoms with Gasteiger partial charge in [-0.1, -0.05) is 30.3 Å². The lowest BCUT2D eigenvalue weighted by atomic mass is 10.1. The second-order valence-electron chi connectivity index (χ2n) is 5.21. The van der Waals surface area contributed by atoms with Gasteiger partial charge in [0.1, 0.15) is 11.5 Å². The molecule has 0 spiro atoms. The maximum atomic E-state index is 12.3. The van der Waals surface area contributed by atoms with Crippen LogP contribution >= 0.6 is 0 Å².